The van der Waals surface area contributed by atoms with Crippen LogP contribution in [-0.2, 0) is 6.42 Å². The Morgan fingerprint density at radius 2 is 2.12 bits per heavy atom. The lowest BCUT2D eigenvalue weighted by Gasteiger charge is -1.90. The van der Waals surface area contributed by atoms with Gasteiger partial charge in [0.2, 0.25) is 0 Å². The first-order chi connectivity index (χ1) is 8.22. The molecule has 0 spiro atoms. The van der Waals surface area contributed by atoms with E-state index in [2.05, 4.69) is 19.9 Å². The number of aromatic amines is 3. The number of H-pyrrole nitrogens is 3. The van der Waals surface area contributed by atoms with Gasteiger partial charge in [-0.3, -0.25) is 14.8 Å². The molecule has 6 nitrogen and oxygen atoms in total. The van der Waals surface area contributed by atoms with Gasteiger partial charge in [0, 0.05) is 11.3 Å². The molecule has 0 radical (unpaired) electrons. The quantitative estimate of drug-likeness (QED) is 0.619. The predicted molar refractivity (Wildman–Crippen MR) is 64.5 cm³/mol. The fourth-order valence-corrected chi connectivity index (χ4v) is 2.35. The van der Waals surface area contributed by atoms with Crippen LogP contribution in [0.15, 0.2) is 27.1 Å². The van der Waals surface area contributed by atoms with Crippen molar-refractivity contribution < 1.29 is 0 Å². The van der Waals surface area contributed by atoms with Crippen molar-refractivity contribution in [3.05, 3.63) is 49.1 Å². The minimum atomic E-state index is -0.545. The summed E-state index contributed by atoms with van der Waals surface area (Å²) < 4.78 is 0. The van der Waals surface area contributed by atoms with Gasteiger partial charge in [0.25, 0.3) is 5.56 Å². The van der Waals surface area contributed by atoms with Gasteiger partial charge in [-0.05, 0) is 11.4 Å². The van der Waals surface area contributed by atoms with E-state index in [0.717, 1.165) is 4.88 Å². The van der Waals surface area contributed by atoms with Crippen LogP contribution in [0.3, 0.4) is 0 Å². The maximum absolute atomic E-state index is 11.5. The molecule has 0 aliphatic heterocycles. The molecule has 7 heteroatoms. The Labute approximate surface area is 98.4 Å². The average Bonchev–Trinajstić information content (AvgIpc) is 2.87. The fourth-order valence-electron chi connectivity index (χ4n) is 1.64. The van der Waals surface area contributed by atoms with E-state index in [-0.39, 0.29) is 0 Å². The van der Waals surface area contributed by atoms with E-state index in [9.17, 15) is 9.59 Å². The van der Waals surface area contributed by atoms with Crippen LogP contribution in [0.5, 0.6) is 0 Å². The van der Waals surface area contributed by atoms with Gasteiger partial charge in [0.05, 0.1) is 0 Å². The molecule has 0 saturated carbocycles. The van der Waals surface area contributed by atoms with Crippen molar-refractivity contribution in [2.24, 2.45) is 0 Å². The molecule has 0 saturated heterocycles. The first-order valence-corrected chi connectivity index (χ1v) is 5.84. The van der Waals surface area contributed by atoms with Crippen molar-refractivity contribution >= 4 is 22.5 Å². The number of rotatable bonds is 2. The normalized spacial score (nSPS) is 11.1. The van der Waals surface area contributed by atoms with Crippen molar-refractivity contribution in [2.45, 2.75) is 6.42 Å². The van der Waals surface area contributed by atoms with Crippen LogP contribution in [0, 0.1) is 0 Å². The number of thiophene rings is 1. The molecule has 3 heterocycles. The highest BCUT2D eigenvalue weighted by Crippen LogP contribution is 2.13. The second-order valence-electron chi connectivity index (χ2n) is 3.57. The number of aromatic nitrogens is 4. The molecule has 0 aliphatic carbocycles. The van der Waals surface area contributed by atoms with Gasteiger partial charge < -0.3 is 4.98 Å². The summed E-state index contributed by atoms with van der Waals surface area (Å²) in [5.41, 5.74) is -0.396. The summed E-state index contributed by atoms with van der Waals surface area (Å²) in [5, 5.41) is 1.98. The number of fused-ring (bicyclic) bond motifs is 1. The number of hydrogen-bond donors (Lipinski definition) is 3. The van der Waals surface area contributed by atoms with E-state index in [1.165, 1.54) is 0 Å². The van der Waals surface area contributed by atoms with Crippen molar-refractivity contribution in [1.82, 2.24) is 19.9 Å². The number of hydrogen-bond acceptors (Lipinski definition) is 4. The number of nitrogens with one attached hydrogen (secondary N) is 3. The molecule has 0 unspecified atom stereocenters. The summed E-state index contributed by atoms with van der Waals surface area (Å²) in [5.74, 6) is 0.662. The molecule has 0 atom stereocenters. The molecule has 3 aromatic rings. The van der Waals surface area contributed by atoms with E-state index in [1.807, 2.05) is 17.5 Å². The molecule has 3 N–H and O–H groups in total. The van der Waals surface area contributed by atoms with E-state index >= 15 is 0 Å². The lowest BCUT2D eigenvalue weighted by atomic mass is 10.3. The molecule has 0 amide bonds. The summed E-state index contributed by atoms with van der Waals surface area (Å²) in [7, 11) is 0. The lowest BCUT2D eigenvalue weighted by Crippen LogP contribution is -2.21. The molecule has 17 heavy (non-hydrogen) atoms. The Hall–Kier alpha value is -2.15. The molecular weight excluding hydrogens is 240 g/mol. The Bertz CT molecular complexity index is 766. The van der Waals surface area contributed by atoms with Crippen molar-refractivity contribution in [3.8, 4) is 0 Å². The maximum Gasteiger partial charge on any atom is 0.327 e. The predicted octanol–water partition coefficient (Wildman–Crippen LogP) is 0.592. The van der Waals surface area contributed by atoms with E-state index in [1.54, 1.807) is 11.3 Å². The second kappa shape index (κ2) is 3.70. The van der Waals surface area contributed by atoms with Gasteiger partial charge in [-0.15, -0.1) is 11.3 Å². The Kier molecular flexibility index (Phi) is 2.19. The van der Waals surface area contributed by atoms with Gasteiger partial charge in [0.15, 0.2) is 5.65 Å². The highest BCUT2D eigenvalue weighted by molar-refractivity contribution is 7.09. The zero-order chi connectivity index (χ0) is 11.8. The third-order valence-corrected chi connectivity index (χ3v) is 3.24. The SMILES string of the molecule is O=c1[nH]c(=O)c2[nH]c(Cc3cccs3)nc2[nH]1. The van der Waals surface area contributed by atoms with Crippen molar-refractivity contribution in [1.29, 1.82) is 0 Å². The third-order valence-electron chi connectivity index (χ3n) is 2.36. The molecule has 0 bridgehead atoms. The van der Waals surface area contributed by atoms with Gasteiger partial charge in [-0.1, -0.05) is 6.07 Å². The van der Waals surface area contributed by atoms with Crippen LogP contribution in [-0.4, -0.2) is 19.9 Å². The van der Waals surface area contributed by atoms with E-state index in [4.69, 9.17) is 0 Å². The summed E-state index contributed by atoms with van der Waals surface area (Å²) >= 11 is 1.62. The molecule has 0 aromatic carbocycles. The third kappa shape index (κ3) is 1.80. The molecular formula is C10H8N4O2S. The van der Waals surface area contributed by atoms with Crippen LogP contribution in [0.25, 0.3) is 11.2 Å². The van der Waals surface area contributed by atoms with E-state index in [0.29, 0.717) is 23.4 Å². The second-order valence-corrected chi connectivity index (χ2v) is 4.60. The van der Waals surface area contributed by atoms with Crippen molar-refractivity contribution in [2.75, 3.05) is 0 Å². The summed E-state index contributed by atoms with van der Waals surface area (Å²) in [6, 6.07) is 3.95. The smallest absolute Gasteiger partial charge is 0.327 e. The monoisotopic (exact) mass is 248 g/mol. The summed E-state index contributed by atoms with van der Waals surface area (Å²) in [6.45, 7) is 0. The van der Waals surface area contributed by atoms with Crippen LogP contribution < -0.4 is 11.2 Å². The molecule has 86 valence electrons. The maximum atomic E-state index is 11.5. The highest BCUT2D eigenvalue weighted by atomic mass is 32.1. The Morgan fingerprint density at radius 3 is 2.88 bits per heavy atom. The molecule has 0 fully saturated rings. The zero-order valence-electron chi connectivity index (χ0n) is 8.61. The van der Waals surface area contributed by atoms with Crippen LogP contribution in [0.2, 0.25) is 0 Å². The minimum absolute atomic E-state index is 0.297. The number of imidazole rings is 1. The standard InChI is InChI=1S/C10H8N4O2S/c15-9-7-8(13-10(16)14-9)12-6(11-7)4-5-2-1-3-17-5/h1-3H,4H2,(H3,11,12,13,14,15,16). The zero-order valence-corrected chi connectivity index (χ0v) is 9.43. The van der Waals surface area contributed by atoms with Gasteiger partial charge in [0.1, 0.15) is 11.3 Å². The first kappa shape index (κ1) is 10.0. The highest BCUT2D eigenvalue weighted by Gasteiger charge is 2.08. The largest absolute Gasteiger partial charge is 0.336 e. The Morgan fingerprint density at radius 1 is 1.24 bits per heavy atom. The van der Waals surface area contributed by atoms with Crippen LogP contribution in [0.4, 0.5) is 0 Å². The number of nitrogens with zero attached hydrogens (tertiary/aromatic N) is 1. The van der Waals surface area contributed by atoms with Crippen LogP contribution >= 0.6 is 11.3 Å². The molecule has 0 aliphatic rings. The lowest BCUT2D eigenvalue weighted by molar-refractivity contribution is 1.05. The Balaban J connectivity index is 2.11. The van der Waals surface area contributed by atoms with E-state index < -0.39 is 11.2 Å². The fraction of sp³-hybridized carbons (Fsp3) is 0.100. The van der Waals surface area contributed by atoms with Gasteiger partial charge in [-0.2, -0.15) is 0 Å². The van der Waals surface area contributed by atoms with Gasteiger partial charge >= 0.3 is 5.69 Å². The average molecular weight is 248 g/mol. The van der Waals surface area contributed by atoms with Crippen molar-refractivity contribution in [3.63, 3.8) is 0 Å². The minimum Gasteiger partial charge on any atom is -0.336 e. The van der Waals surface area contributed by atoms with Gasteiger partial charge in [-0.25, -0.2) is 9.78 Å². The van der Waals surface area contributed by atoms with Crippen LogP contribution in [0.1, 0.15) is 10.7 Å². The summed E-state index contributed by atoms with van der Waals surface area (Å²) in [6.07, 6.45) is 0.619. The summed E-state index contributed by atoms with van der Waals surface area (Å²) in [4.78, 5) is 35.4. The topological polar surface area (TPSA) is 94.4 Å². The molecule has 3 rings (SSSR count). The molecule has 3 aromatic heterocycles. The first-order valence-electron chi connectivity index (χ1n) is 4.96.